The Kier molecular flexibility index (Phi) is 4.11. The summed E-state index contributed by atoms with van der Waals surface area (Å²) in [4.78, 5) is 23.2. The summed E-state index contributed by atoms with van der Waals surface area (Å²) in [6, 6.07) is 0. The van der Waals surface area contributed by atoms with Crippen molar-refractivity contribution in [3.8, 4) is 0 Å². The summed E-state index contributed by atoms with van der Waals surface area (Å²) in [5.74, 6) is 0.319. The van der Waals surface area contributed by atoms with Crippen molar-refractivity contribution < 1.29 is 9.59 Å². The van der Waals surface area contributed by atoms with E-state index < -0.39 is 0 Å². The topological polar surface area (TPSA) is 46.2 Å². The Balaban J connectivity index is 2.90. The number of hydrogen-bond acceptors (Lipinski definition) is 2. The number of carbonyl (C=O) groups is 2. The molecule has 3 heteroatoms. The monoisotopic (exact) mass is 225 g/mol. The zero-order valence-corrected chi connectivity index (χ0v) is 10.8. The lowest BCUT2D eigenvalue weighted by Crippen LogP contribution is -2.51. The van der Waals surface area contributed by atoms with Crippen LogP contribution in [0.4, 0.5) is 0 Å². The van der Waals surface area contributed by atoms with Gasteiger partial charge in [-0.25, -0.2) is 0 Å². The molecule has 0 aromatic heterocycles. The van der Waals surface area contributed by atoms with E-state index in [2.05, 4.69) is 26.1 Å². The molecular formula is C13H23NO2. The maximum atomic E-state index is 11.7. The van der Waals surface area contributed by atoms with Crippen molar-refractivity contribution in [2.24, 2.45) is 17.3 Å². The van der Waals surface area contributed by atoms with Crippen LogP contribution in [0.15, 0.2) is 0 Å². The molecule has 0 aromatic rings. The average molecular weight is 225 g/mol. The number of piperidine rings is 1. The Labute approximate surface area is 98.0 Å². The van der Waals surface area contributed by atoms with Crippen LogP contribution in [0.2, 0.25) is 0 Å². The van der Waals surface area contributed by atoms with Crippen molar-refractivity contribution in [2.45, 2.75) is 53.4 Å². The number of carbonyl (C=O) groups excluding carboxylic acids is 2. The fourth-order valence-corrected chi connectivity index (χ4v) is 2.70. The first-order valence-corrected chi connectivity index (χ1v) is 6.29. The minimum absolute atomic E-state index is 0.0517. The Morgan fingerprint density at radius 1 is 1.44 bits per heavy atom. The quantitative estimate of drug-likeness (QED) is 0.747. The number of nitrogens with one attached hydrogen (secondary N) is 1. The molecule has 0 aliphatic carbocycles. The van der Waals surface area contributed by atoms with Crippen LogP contribution >= 0.6 is 0 Å². The standard InChI is InChI=1S/C13H23NO2/c1-5-9(3)7-13(6-2)8-11(15)14-12(16)10(13)4/h9-10H,5-8H2,1-4H3,(H,14,15,16). The highest BCUT2D eigenvalue weighted by molar-refractivity contribution is 5.99. The third-order valence-electron chi connectivity index (χ3n) is 4.24. The molecule has 3 atom stereocenters. The molecule has 92 valence electrons. The van der Waals surface area contributed by atoms with Gasteiger partial charge in [0.1, 0.15) is 0 Å². The summed E-state index contributed by atoms with van der Waals surface area (Å²) in [5.41, 5.74) is -0.116. The van der Waals surface area contributed by atoms with Gasteiger partial charge in [-0.3, -0.25) is 14.9 Å². The predicted molar refractivity (Wildman–Crippen MR) is 63.7 cm³/mol. The van der Waals surface area contributed by atoms with Gasteiger partial charge in [0.15, 0.2) is 0 Å². The molecule has 1 aliphatic rings. The van der Waals surface area contributed by atoms with Gasteiger partial charge in [-0.05, 0) is 24.2 Å². The lowest BCUT2D eigenvalue weighted by atomic mass is 9.64. The first kappa shape index (κ1) is 13.2. The summed E-state index contributed by atoms with van der Waals surface area (Å²) >= 11 is 0. The lowest BCUT2D eigenvalue weighted by Gasteiger charge is -2.42. The SMILES string of the molecule is CCC(C)CC1(CC)CC(=O)NC(=O)C1C. The fourth-order valence-electron chi connectivity index (χ4n) is 2.70. The molecule has 3 unspecified atom stereocenters. The lowest BCUT2D eigenvalue weighted by molar-refractivity contribution is -0.144. The normalized spacial score (nSPS) is 32.4. The Morgan fingerprint density at radius 2 is 2.06 bits per heavy atom. The second kappa shape index (κ2) is 4.98. The van der Waals surface area contributed by atoms with Crippen molar-refractivity contribution in [2.75, 3.05) is 0 Å². The van der Waals surface area contributed by atoms with Gasteiger partial charge in [0.2, 0.25) is 11.8 Å². The molecule has 16 heavy (non-hydrogen) atoms. The molecule has 1 aliphatic heterocycles. The van der Waals surface area contributed by atoms with E-state index in [0.29, 0.717) is 12.3 Å². The summed E-state index contributed by atoms with van der Waals surface area (Å²) in [6.07, 6.45) is 3.48. The number of amides is 2. The first-order chi connectivity index (χ1) is 7.45. The summed E-state index contributed by atoms with van der Waals surface area (Å²) in [7, 11) is 0. The highest BCUT2D eigenvalue weighted by atomic mass is 16.2. The maximum Gasteiger partial charge on any atom is 0.229 e. The molecule has 1 fully saturated rings. The molecule has 0 saturated carbocycles. The fraction of sp³-hybridized carbons (Fsp3) is 0.846. The zero-order valence-electron chi connectivity index (χ0n) is 10.8. The van der Waals surface area contributed by atoms with Crippen LogP contribution in [0.1, 0.15) is 53.4 Å². The molecule has 3 nitrogen and oxygen atoms in total. The molecule has 1 rings (SSSR count). The highest BCUT2D eigenvalue weighted by Gasteiger charge is 2.44. The third kappa shape index (κ3) is 2.45. The van der Waals surface area contributed by atoms with Gasteiger partial charge in [0, 0.05) is 12.3 Å². The van der Waals surface area contributed by atoms with Gasteiger partial charge in [-0.15, -0.1) is 0 Å². The minimum atomic E-state index is -0.116. The van der Waals surface area contributed by atoms with Gasteiger partial charge in [-0.1, -0.05) is 34.1 Å². The molecule has 2 amide bonds. The van der Waals surface area contributed by atoms with E-state index in [-0.39, 0.29) is 23.1 Å². The van der Waals surface area contributed by atoms with E-state index in [9.17, 15) is 9.59 Å². The molecule has 0 bridgehead atoms. The predicted octanol–water partition coefficient (Wildman–Crippen LogP) is 2.50. The van der Waals surface area contributed by atoms with Crippen molar-refractivity contribution >= 4 is 11.8 Å². The van der Waals surface area contributed by atoms with Gasteiger partial charge in [-0.2, -0.15) is 0 Å². The maximum absolute atomic E-state index is 11.7. The van der Waals surface area contributed by atoms with Crippen molar-refractivity contribution in [1.29, 1.82) is 0 Å². The Bertz CT molecular complexity index is 288. The summed E-state index contributed by atoms with van der Waals surface area (Å²) in [5, 5.41) is 2.43. The summed E-state index contributed by atoms with van der Waals surface area (Å²) in [6.45, 7) is 8.39. The summed E-state index contributed by atoms with van der Waals surface area (Å²) < 4.78 is 0. The van der Waals surface area contributed by atoms with Crippen LogP contribution in [-0.2, 0) is 9.59 Å². The van der Waals surface area contributed by atoms with Gasteiger partial charge in [0.25, 0.3) is 0 Å². The third-order valence-corrected chi connectivity index (χ3v) is 4.24. The van der Waals surface area contributed by atoms with E-state index in [0.717, 1.165) is 19.3 Å². The van der Waals surface area contributed by atoms with Gasteiger partial charge >= 0.3 is 0 Å². The molecule has 0 spiro atoms. The smallest absolute Gasteiger partial charge is 0.229 e. The molecule has 0 aromatic carbocycles. The largest absolute Gasteiger partial charge is 0.296 e. The molecule has 1 saturated heterocycles. The second-order valence-corrected chi connectivity index (χ2v) is 5.24. The van der Waals surface area contributed by atoms with Gasteiger partial charge in [0.05, 0.1) is 0 Å². The molecule has 1 heterocycles. The number of imide groups is 1. The Morgan fingerprint density at radius 3 is 2.56 bits per heavy atom. The van der Waals surface area contributed by atoms with Crippen LogP contribution in [0.25, 0.3) is 0 Å². The van der Waals surface area contributed by atoms with Crippen LogP contribution in [0, 0.1) is 17.3 Å². The molecular weight excluding hydrogens is 202 g/mol. The van der Waals surface area contributed by atoms with E-state index in [4.69, 9.17) is 0 Å². The highest BCUT2D eigenvalue weighted by Crippen LogP contribution is 2.44. The van der Waals surface area contributed by atoms with E-state index in [1.165, 1.54) is 0 Å². The Hall–Kier alpha value is -0.860. The van der Waals surface area contributed by atoms with E-state index in [1.807, 2.05) is 6.92 Å². The number of hydrogen-bond donors (Lipinski definition) is 1. The van der Waals surface area contributed by atoms with Crippen LogP contribution in [0.5, 0.6) is 0 Å². The second-order valence-electron chi connectivity index (χ2n) is 5.24. The van der Waals surface area contributed by atoms with Crippen LogP contribution in [0.3, 0.4) is 0 Å². The van der Waals surface area contributed by atoms with E-state index >= 15 is 0 Å². The average Bonchev–Trinajstić information content (AvgIpc) is 2.25. The van der Waals surface area contributed by atoms with Crippen molar-refractivity contribution in [1.82, 2.24) is 5.32 Å². The van der Waals surface area contributed by atoms with Crippen molar-refractivity contribution in [3.05, 3.63) is 0 Å². The number of rotatable bonds is 4. The molecule has 0 radical (unpaired) electrons. The van der Waals surface area contributed by atoms with Crippen LogP contribution in [-0.4, -0.2) is 11.8 Å². The zero-order chi connectivity index (χ0) is 12.3. The first-order valence-electron chi connectivity index (χ1n) is 6.29. The minimum Gasteiger partial charge on any atom is -0.296 e. The van der Waals surface area contributed by atoms with Crippen LogP contribution < -0.4 is 5.32 Å². The van der Waals surface area contributed by atoms with Crippen molar-refractivity contribution in [3.63, 3.8) is 0 Å². The van der Waals surface area contributed by atoms with Gasteiger partial charge < -0.3 is 0 Å². The molecule has 1 N–H and O–H groups in total. The van der Waals surface area contributed by atoms with E-state index in [1.54, 1.807) is 0 Å².